The van der Waals surface area contributed by atoms with Crippen molar-refractivity contribution in [2.75, 3.05) is 19.0 Å². The fraction of sp³-hybridized carbons (Fsp3) is 0.188. The number of hydrogen-bond acceptors (Lipinski definition) is 4. The number of carbonyl (C=O) groups is 1. The Labute approximate surface area is 127 Å². The first-order valence-corrected chi connectivity index (χ1v) is 7.20. The van der Waals surface area contributed by atoms with Gasteiger partial charge in [-0.1, -0.05) is 11.8 Å². The molecule has 0 fully saturated rings. The first-order valence-electron chi connectivity index (χ1n) is 6.39. The zero-order valence-corrected chi connectivity index (χ0v) is 12.7. The van der Waals surface area contributed by atoms with Crippen molar-refractivity contribution in [3.8, 4) is 17.6 Å². The Morgan fingerprint density at radius 3 is 2.71 bits per heavy atom. The Morgan fingerprint density at radius 2 is 2.10 bits per heavy atom. The van der Waals surface area contributed by atoms with Crippen molar-refractivity contribution in [3.05, 3.63) is 45.6 Å². The number of anilines is 1. The summed E-state index contributed by atoms with van der Waals surface area (Å²) in [5, 5.41) is 2.85. The molecule has 1 aromatic carbocycles. The zero-order chi connectivity index (χ0) is 15.2. The molecule has 5 heteroatoms. The van der Waals surface area contributed by atoms with E-state index in [2.05, 4.69) is 17.2 Å². The average molecular weight is 300 g/mol. The van der Waals surface area contributed by atoms with Crippen LogP contribution in [0.4, 0.5) is 5.69 Å². The molecule has 0 saturated heterocycles. The number of ether oxygens (including phenoxy) is 1. The smallest absolute Gasteiger partial charge is 0.265 e. The Bertz CT molecular complexity index is 693. The van der Waals surface area contributed by atoms with E-state index in [0.717, 1.165) is 21.9 Å². The number of carbonyl (C=O) groups excluding carboxylic acids is 1. The van der Waals surface area contributed by atoms with Gasteiger partial charge in [-0.3, -0.25) is 4.79 Å². The van der Waals surface area contributed by atoms with Crippen LogP contribution in [0.15, 0.2) is 30.3 Å². The summed E-state index contributed by atoms with van der Waals surface area (Å²) in [6.45, 7) is 2.24. The Morgan fingerprint density at radius 1 is 1.38 bits per heavy atom. The molecule has 0 saturated carbocycles. The molecule has 0 spiro atoms. The van der Waals surface area contributed by atoms with E-state index in [9.17, 15) is 4.79 Å². The van der Waals surface area contributed by atoms with Crippen LogP contribution in [-0.4, -0.2) is 19.6 Å². The zero-order valence-electron chi connectivity index (χ0n) is 11.9. The van der Waals surface area contributed by atoms with Crippen molar-refractivity contribution in [3.63, 3.8) is 0 Å². The molecule has 0 bridgehead atoms. The highest BCUT2D eigenvalue weighted by Crippen LogP contribution is 2.22. The van der Waals surface area contributed by atoms with Crippen LogP contribution in [0.1, 0.15) is 20.1 Å². The predicted molar refractivity (Wildman–Crippen MR) is 85.9 cm³/mol. The lowest BCUT2D eigenvalue weighted by Gasteiger charge is -2.04. The number of thiophene rings is 1. The molecule has 0 atom stereocenters. The van der Waals surface area contributed by atoms with Gasteiger partial charge in [0.15, 0.2) is 0 Å². The predicted octanol–water partition coefficient (Wildman–Crippen LogP) is 2.63. The Balaban J connectivity index is 2.12. The lowest BCUT2D eigenvalue weighted by molar-refractivity contribution is 0.103. The largest absolute Gasteiger partial charge is 0.497 e. The van der Waals surface area contributed by atoms with Gasteiger partial charge in [-0.05, 0) is 42.8 Å². The minimum atomic E-state index is -0.144. The summed E-state index contributed by atoms with van der Waals surface area (Å²) in [4.78, 5) is 13.7. The van der Waals surface area contributed by atoms with Gasteiger partial charge in [0.2, 0.25) is 0 Å². The van der Waals surface area contributed by atoms with Crippen LogP contribution in [-0.2, 0) is 0 Å². The minimum absolute atomic E-state index is 0.144. The van der Waals surface area contributed by atoms with E-state index in [1.54, 1.807) is 31.4 Å². The van der Waals surface area contributed by atoms with Gasteiger partial charge in [0.05, 0.1) is 23.4 Å². The molecule has 0 aliphatic carbocycles. The summed E-state index contributed by atoms with van der Waals surface area (Å²) in [5.74, 6) is 6.38. The van der Waals surface area contributed by atoms with E-state index in [-0.39, 0.29) is 5.91 Å². The van der Waals surface area contributed by atoms with Gasteiger partial charge in [0, 0.05) is 5.69 Å². The van der Waals surface area contributed by atoms with E-state index in [1.807, 2.05) is 13.0 Å². The molecule has 4 nitrogen and oxygen atoms in total. The van der Waals surface area contributed by atoms with Gasteiger partial charge in [-0.25, -0.2) is 0 Å². The topological polar surface area (TPSA) is 64.3 Å². The van der Waals surface area contributed by atoms with Crippen LogP contribution in [0.3, 0.4) is 0 Å². The van der Waals surface area contributed by atoms with E-state index in [0.29, 0.717) is 11.4 Å². The van der Waals surface area contributed by atoms with E-state index < -0.39 is 0 Å². The van der Waals surface area contributed by atoms with E-state index in [1.165, 1.54) is 11.3 Å². The number of aryl methyl sites for hydroxylation is 1. The summed E-state index contributed by atoms with van der Waals surface area (Å²) in [7, 11) is 1.60. The highest BCUT2D eigenvalue weighted by Gasteiger charge is 2.11. The molecule has 0 unspecified atom stereocenters. The van der Waals surface area contributed by atoms with Crippen LogP contribution >= 0.6 is 11.3 Å². The fourth-order valence-corrected chi connectivity index (χ4v) is 2.66. The Kier molecular flexibility index (Phi) is 4.99. The molecule has 0 aliphatic rings. The summed E-state index contributed by atoms with van der Waals surface area (Å²) < 4.78 is 5.08. The Hall–Kier alpha value is -2.29. The quantitative estimate of drug-likeness (QED) is 0.856. The fourth-order valence-electron chi connectivity index (χ4n) is 1.72. The molecule has 108 valence electrons. The molecule has 0 aliphatic heterocycles. The number of amides is 1. The summed E-state index contributed by atoms with van der Waals surface area (Å²) >= 11 is 1.37. The molecule has 1 aromatic heterocycles. The average Bonchev–Trinajstić information content (AvgIpc) is 2.87. The van der Waals surface area contributed by atoms with E-state index in [4.69, 9.17) is 10.5 Å². The number of rotatable bonds is 3. The summed E-state index contributed by atoms with van der Waals surface area (Å²) in [5.41, 5.74) is 7.07. The van der Waals surface area contributed by atoms with Gasteiger partial charge in [0.1, 0.15) is 5.75 Å². The third-order valence-electron chi connectivity index (χ3n) is 2.79. The monoisotopic (exact) mass is 300 g/mol. The van der Waals surface area contributed by atoms with Crippen molar-refractivity contribution in [2.24, 2.45) is 5.73 Å². The first kappa shape index (κ1) is 15.1. The van der Waals surface area contributed by atoms with Crippen molar-refractivity contribution < 1.29 is 9.53 Å². The lowest BCUT2D eigenvalue weighted by Crippen LogP contribution is -2.09. The normalized spacial score (nSPS) is 9.67. The van der Waals surface area contributed by atoms with Crippen molar-refractivity contribution in [2.45, 2.75) is 6.92 Å². The van der Waals surface area contributed by atoms with Gasteiger partial charge in [-0.15, -0.1) is 11.3 Å². The molecule has 3 N–H and O–H groups in total. The molecule has 1 heterocycles. The minimum Gasteiger partial charge on any atom is -0.497 e. The second-order valence-electron chi connectivity index (χ2n) is 4.31. The molecular formula is C16H16N2O2S. The van der Waals surface area contributed by atoms with Crippen molar-refractivity contribution in [1.29, 1.82) is 0 Å². The number of nitrogens with two attached hydrogens (primary N) is 1. The van der Waals surface area contributed by atoms with E-state index >= 15 is 0 Å². The number of hydrogen-bond donors (Lipinski definition) is 2. The van der Waals surface area contributed by atoms with Crippen LogP contribution in [0.5, 0.6) is 5.75 Å². The second kappa shape index (κ2) is 6.93. The van der Waals surface area contributed by atoms with Gasteiger partial charge in [0.25, 0.3) is 5.91 Å². The van der Waals surface area contributed by atoms with Crippen LogP contribution < -0.4 is 15.8 Å². The summed E-state index contributed by atoms with van der Waals surface area (Å²) in [6, 6.07) is 9.03. The first-order chi connectivity index (χ1) is 10.1. The highest BCUT2D eigenvalue weighted by atomic mass is 32.1. The summed E-state index contributed by atoms with van der Waals surface area (Å²) in [6.07, 6.45) is 0. The molecule has 0 radical (unpaired) electrons. The number of methoxy groups -OCH3 is 1. The number of benzene rings is 1. The molecule has 21 heavy (non-hydrogen) atoms. The third-order valence-corrected chi connectivity index (χ3v) is 3.94. The van der Waals surface area contributed by atoms with Crippen molar-refractivity contribution >= 4 is 22.9 Å². The van der Waals surface area contributed by atoms with Crippen LogP contribution in [0.2, 0.25) is 0 Å². The van der Waals surface area contributed by atoms with Crippen LogP contribution in [0, 0.1) is 18.8 Å². The molecule has 2 rings (SSSR count). The lowest BCUT2D eigenvalue weighted by atomic mass is 10.2. The SMILES string of the molecule is COc1ccc(NC(=O)c2cc(C)c(C#CCN)s2)cc1. The number of nitrogens with one attached hydrogen (secondary N) is 1. The van der Waals surface area contributed by atoms with Gasteiger partial charge < -0.3 is 15.8 Å². The second-order valence-corrected chi connectivity index (χ2v) is 5.36. The third kappa shape index (κ3) is 3.85. The maximum absolute atomic E-state index is 12.2. The molecule has 2 aromatic rings. The molecule has 1 amide bonds. The maximum Gasteiger partial charge on any atom is 0.265 e. The highest BCUT2D eigenvalue weighted by molar-refractivity contribution is 7.14. The van der Waals surface area contributed by atoms with Gasteiger partial charge in [-0.2, -0.15) is 0 Å². The van der Waals surface area contributed by atoms with Crippen molar-refractivity contribution in [1.82, 2.24) is 0 Å². The molecular weight excluding hydrogens is 284 g/mol. The van der Waals surface area contributed by atoms with Gasteiger partial charge >= 0.3 is 0 Å². The van der Waals surface area contributed by atoms with Crippen LogP contribution in [0.25, 0.3) is 0 Å². The standard InChI is InChI=1S/C16H16N2O2S/c1-11-10-15(21-14(11)4-3-9-17)16(19)18-12-5-7-13(20-2)8-6-12/h5-8,10H,9,17H2,1-2H3,(H,18,19). The maximum atomic E-state index is 12.2.